The Kier molecular flexibility index (Phi) is 8.80. The first kappa shape index (κ1) is 23.6. The average molecular weight is 450 g/mol. The van der Waals surface area contributed by atoms with Crippen molar-refractivity contribution in [3.05, 3.63) is 135 Å². The predicted octanol–water partition coefficient (Wildman–Crippen LogP) is 5.36. The molecule has 0 aromatic heterocycles. The molecule has 1 aliphatic heterocycles. The number of carbonyl (C=O) groups excluding carboxylic acids is 1. The topological polar surface area (TPSA) is 35.5 Å². The van der Waals surface area contributed by atoms with Crippen molar-refractivity contribution < 1.29 is 31.3 Å². The van der Waals surface area contributed by atoms with Crippen LogP contribution in [0.4, 0.5) is 0 Å². The van der Waals surface area contributed by atoms with E-state index in [0.717, 1.165) is 11.5 Å². The minimum Gasteiger partial charge on any atom is -0.497 e. The number of hydrogen-bond acceptors (Lipinski definition) is 3. The monoisotopic (exact) mass is 450 g/mol. The van der Waals surface area contributed by atoms with Crippen LogP contribution in [-0.2, 0) is 17.1 Å². The van der Waals surface area contributed by atoms with Crippen molar-refractivity contribution in [2.45, 2.75) is 6.10 Å². The summed E-state index contributed by atoms with van der Waals surface area (Å²) in [6, 6.07) is 15.1. The minimum absolute atomic E-state index is 0. The van der Waals surface area contributed by atoms with E-state index < -0.39 is 6.10 Å². The van der Waals surface area contributed by atoms with Gasteiger partial charge in [0.25, 0.3) is 0 Å². The first-order chi connectivity index (χ1) is 14.8. The van der Waals surface area contributed by atoms with Crippen molar-refractivity contribution in [2.75, 3.05) is 7.11 Å². The molecule has 2 fully saturated rings. The van der Waals surface area contributed by atoms with Crippen molar-refractivity contribution in [1.29, 1.82) is 0 Å². The summed E-state index contributed by atoms with van der Waals surface area (Å²) in [6.45, 7) is 0. The van der Waals surface area contributed by atoms with Gasteiger partial charge in [-0.15, -0.1) is 0 Å². The molecule has 3 nitrogen and oxygen atoms in total. The van der Waals surface area contributed by atoms with Crippen molar-refractivity contribution in [1.82, 2.24) is 0 Å². The molecule has 2 saturated carbocycles. The summed E-state index contributed by atoms with van der Waals surface area (Å²) in [6.07, 6.45) is 19.3. The second kappa shape index (κ2) is 11.5. The zero-order valence-corrected chi connectivity index (χ0v) is 18.2. The molecule has 1 heterocycles. The third-order valence-electron chi connectivity index (χ3n) is 4.89. The molecule has 3 aliphatic rings. The molecule has 31 heavy (non-hydrogen) atoms. The summed E-state index contributed by atoms with van der Waals surface area (Å²) in [5.74, 6) is 2.20. The number of Topliss-reactive ketones (excluding diaryl/α,β-unsaturated/α-hetero) is 1. The molecule has 2 aromatic rings. The predicted molar refractivity (Wildman–Crippen MR) is 117 cm³/mol. The molecule has 1 unspecified atom stereocenters. The summed E-state index contributed by atoms with van der Waals surface area (Å²) in [7, 11) is 1.60. The number of benzene rings is 2. The van der Waals surface area contributed by atoms with E-state index in [4.69, 9.17) is 9.47 Å². The summed E-state index contributed by atoms with van der Waals surface area (Å²) in [4.78, 5) is 13.1. The number of hydrogen-bond donors (Lipinski definition) is 0. The van der Waals surface area contributed by atoms with E-state index in [1.807, 2.05) is 94.2 Å². The van der Waals surface area contributed by atoms with Crippen LogP contribution in [0, 0.1) is 63.7 Å². The van der Waals surface area contributed by atoms with Gasteiger partial charge in [0.15, 0.2) is 11.9 Å². The van der Waals surface area contributed by atoms with Crippen LogP contribution in [0.2, 0.25) is 0 Å². The van der Waals surface area contributed by atoms with Gasteiger partial charge in [0.2, 0.25) is 0 Å². The fourth-order valence-corrected chi connectivity index (χ4v) is 3.38. The molecule has 0 bridgehead atoms. The SMILES string of the molecule is COc1ccc2c(c1)OC(c1ccccc1)/C(=C/[C]1[CH][CH][CH][CH]1)C2=O.[CH]1[CH][CH][CH][CH]1.[Fe+2]. The zero-order chi connectivity index (χ0) is 20.8. The van der Waals surface area contributed by atoms with Gasteiger partial charge in [0, 0.05) is 17.6 Å². The second-order valence-electron chi connectivity index (χ2n) is 6.88. The van der Waals surface area contributed by atoms with Crippen LogP contribution in [0.3, 0.4) is 0 Å². The first-order valence-corrected chi connectivity index (χ1v) is 9.80. The molecule has 2 aromatic carbocycles. The van der Waals surface area contributed by atoms with Gasteiger partial charge in [-0.25, -0.2) is 0 Å². The molecule has 0 saturated heterocycles. The Morgan fingerprint density at radius 2 is 1.52 bits per heavy atom. The number of methoxy groups -OCH3 is 1. The van der Waals surface area contributed by atoms with Crippen molar-refractivity contribution in [3.63, 3.8) is 0 Å². The Labute approximate surface area is 196 Å². The Morgan fingerprint density at radius 1 is 0.871 bits per heavy atom. The normalized spacial score (nSPS) is 21.5. The van der Waals surface area contributed by atoms with E-state index in [-0.39, 0.29) is 22.9 Å². The van der Waals surface area contributed by atoms with E-state index in [2.05, 4.69) is 0 Å². The Morgan fingerprint density at radius 3 is 2.13 bits per heavy atom. The standard InChI is InChI=1S/C22H17O3.C5H5.Fe/c1-24-17-11-12-18-20(14-17)25-22(16-9-3-2-4-10-16)19(21(18)23)13-15-7-5-6-8-15;1-2-4-5-3-1;/h2-14,22H,1H3;1-5H;/q;;+2/b19-13+;;. The van der Waals surface area contributed by atoms with E-state index in [9.17, 15) is 4.79 Å². The largest absolute Gasteiger partial charge is 2.00 e. The average Bonchev–Trinajstić information content (AvgIpc) is 3.53. The molecular weight excluding hydrogens is 428 g/mol. The van der Waals surface area contributed by atoms with Crippen molar-refractivity contribution >= 4 is 5.78 Å². The fraction of sp³-hybridized carbons (Fsp3) is 0.0741. The van der Waals surface area contributed by atoms with E-state index in [1.54, 1.807) is 25.3 Å². The summed E-state index contributed by atoms with van der Waals surface area (Å²) in [5, 5.41) is 0. The number of allylic oxidation sites excluding steroid dienone is 1. The smallest absolute Gasteiger partial charge is 0.497 e. The zero-order valence-electron chi connectivity index (χ0n) is 17.0. The van der Waals surface area contributed by atoms with Crippen LogP contribution in [0.25, 0.3) is 0 Å². The van der Waals surface area contributed by atoms with Gasteiger partial charge in [0.05, 0.1) is 12.7 Å². The molecule has 0 N–H and O–H groups in total. The van der Waals surface area contributed by atoms with E-state index in [0.29, 0.717) is 22.6 Å². The molecule has 4 heteroatoms. The molecule has 0 amide bonds. The van der Waals surface area contributed by atoms with Gasteiger partial charge in [-0.2, -0.15) is 0 Å². The first-order valence-electron chi connectivity index (χ1n) is 9.80. The van der Waals surface area contributed by atoms with Gasteiger partial charge in [-0.05, 0) is 75.5 Å². The van der Waals surface area contributed by atoms with Gasteiger partial charge < -0.3 is 9.47 Å². The van der Waals surface area contributed by atoms with Crippen LogP contribution in [0.5, 0.6) is 11.5 Å². The fourth-order valence-electron chi connectivity index (χ4n) is 3.38. The molecule has 5 rings (SSSR count). The van der Waals surface area contributed by atoms with Crippen LogP contribution < -0.4 is 9.47 Å². The van der Waals surface area contributed by atoms with Gasteiger partial charge in [0.1, 0.15) is 11.5 Å². The summed E-state index contributed by atoms with van der Waals surface area (Å²) < 4.78 is 11.5. The molecule has 10 radical (unpaired) electrons. The summed E-state index contributed by atoms with van der Waals surface area (Å²) >= 11 is 0. The van der Waals surface area contributed by atoms with Gasteiger partial charge in [-0.1, -0.05) is 36.4 Å². The van der Waals surface area contributed by atoms with Gasteiger partial charge in [-0.3, -0.25) is 4.79 Å². The van der Waals surface area contributed by atoms with Gasteiger partial charge >= 0.3 is 17.1 Å². The van der Waals surface area contributed by atoms with Crippen LogP contribution in [0.1, 0.15) is 22.0 Å². The molecule has 0 spiro atoms. The van der Waals surface area contributed by atoms with Crippen LogP contribution >= 0.6 is 0 Å². The maximum atomic E-state index is 13.1. The second-order valence-corrected chi connectivity index (χ2v) is 6.88. The third-order valence-corrected chi connectivity index (χ3v) is 4.89. The maximum absolute atomic E-state index is 13.1. The van der Waals surface area contributed by atoms with Crippen LogP contribution in [0.15, 0.2) is 60.2 Å². The minimum atomic E-state index is -0.441. The van der Waals surface area contributed by atoms with E-state index >= 15 is 0 Å². The quantitative estimate of drug-likeness (QED) is 0.467. The van der Waals surface area contributed by atoms with Crippen molar-refractivity contribution in [2.24, 2.45) is 0 Å². The number of carbonyl (C=O) groups is 1. The number of ether oxygens (including phenoxy) is 2. The number of ketones is 1. The maximum Gasteiger partial charge on any atom is 2.00 e. The Hall–Kier alpha value is -2.03. The molecule has 154 valence electrons. The van der Waals surface area contributed by atoms with Crippen molar-refractivity contribution in [3.8, 4) is 11.5 Å². The molecule has 1 atom stereocenters. The number of rotatable bonds is 3. The molecular formula is C27H22FeO3+2. The third kappa shape index (κ3) is 5.81. The van der Waals surface area contributed by atoms with E-state index in [1.165, 1.54) is 0 Å². The number of fused-ring (bicyclic) bond motifs is 1. The molecule has 2 aliphatic carbocycles. The Balaban J connectivity index is 0.000000401. The summed E-state index contributed by atoms with van der Waals surface area (Å²) in [5.41, 5.74) is 2.14. The Bertz CT molecular complexity index is 873. The van der Waals surface area contributed by atoms with Crippen LogP contribution in [-0.4, -0.2) is 12.9 Å².